The maximum absolute atomic E-state index is 12.5. The average Bonchev–Trinajstić information content (AvgIpc) is 3.36. The lowest BCUT2D eigenvalue weighted by Crippen LogP contribution is -2.14. The van der Waals surface area contributed by atoms with Gasteiger partial charge < -0.3 is 25.1 Å². The van der Waals surface area contributed by atoms with Crippen LogP contribution >= 0.6 is 0 Å². The number of benzene rings is 2. The zero-order valence-corrected chi connectivity index (χ0v) is 16.4. The third kappa shape index (κ3) is 3.67. The van der Waals surface area contributed by atoms with Crippen molar-refractivity contribution in [2.45, 2.75) is 13.0 Å². The minimum atomic E-state index is -0.141. The molecule has 2 aromatic carbocycles. The molecule has 1 aromatic heterocycles. The second kappa shape index (κ2) is 7.71. The molecular weight excluding hydrogens is 368 g/mol. The maximum Gasteiger partial charge on any atom is 0.256 e. The standard InChI is InChI=1S/C22H22N4O3/c1-13(25-15-6-4-14(5-7-15)19-11-23-12-24-19)8-17-16-9-20(28-2)21(29-3)10-18(16)26-22(17)27/h4-13,25H,1-3H3,(H,23,24)(H,26,27). The predicted octanol–water partition coefficient (Wildman–Crippen LogP) is 3.93. The summed E-state index contributed by atoms with van der Waals surface area (Å²) in [6.45, 7) is 2.00. The number of carbonyl (C=O) groups excluding carboxylic acids is 1. The van der Waals surface area contributed by atoms with E-state index < -0.39 is 0 Å². The maximum atomic E-state index is 12.5. The third-order valence-electron chi connectivity index (χ3n) is 4.80. The Balaban J connectivity index is 1.54. The van der Waals surface area contributed by atoms with Crippen molar-refractivity contribution in [2.24, 2.45) is 0 Å². The Labute approximate surface area is 168 Å². The first kappa shape index (κ1) is 18.6. The van der Waals surface area contributed by atoms with Gasteiger partial charge in [-0.3, -0.25) is 4.79 Å². The van der Waals surface area contributed by atoms with E-state index in [0.29, 0.717) is 17.1 Å². The van der Waals surface area contributed by atoms with Crippen molar-refractivity contribution in [2.75, 3.05) is 24.9 Å². The summed E-state index contributed by atoms with van der Waals surface area (Å²) in [7, 11) is 3.15. The van der Waals surface area contributed by atoms with E-state index in [4.69, 9.17) is 9.47 Å². The Morgan fingerprint density at radius 2 is 1.83 bits per heavy atom. The molecule has 1 atom stereocenters. The third-order valence-corrected chi connectivity index (χ3v) is 4.80. The number of amides is 1. The van der Waals surface area contributed by atoms with Crippen LogP contribution in [0.2, 0.25) is 0 Å². The van der Waals surface area contributed by atoms with Gasteiger partial charge in [0.05, 0.1) is 31.9 Å². The summed E-state index contributed by atoms with van der Waals surface area (Å²) >= 11 is 0. The summed E-state index contributed by atoms with van der Waals surface area (Å²) in [5.41, 5.74) is 5.02. The van der Waals surface area contributed by atoms with E-state index in [2.05, 4.69) is 20.6 Å². The van der Waals surface area contributed by atoms with E-state index in [1.54, 1.807) is 26.6 Å². The Bertz CT molecular complexity index is 1060. The van der Waals surface area contributed by atoms with Gasteiger partial charge in [0.1, 0.15) is 0 Å². The van der Waals surface area contributed by atoms with Crippen LogP contribution < -0.4 is 20.1 Å². The summed E-state index contributed by atoms with van der Waals surface area (Å²) in [5, 5.41) is 6.29. The number of rotatable bonds is 6. The highest BCUT2D eigenvalue weighted by atomic mass is 16.5. The number of fused-ring (bicyclic) bond motifs is 1. The van der Waals surface area contributed by atoms with Crippen LogP contribution in [0.15, 0.2) is 55.0 Å². The second-order valence-electron chi connectivity index (χ2n) is 6.75. The molecule has 1 aliphatic heterocycles. The topological polar surface area (TPSA) is 88.3 Å². The Morgan fingerprint density at radius 3 is 2.48 bits per heavy atom. The fourth-order valence-electron chi connectivity index (χ4n) is 3.39. The van der Waals surface area contributed by atoms with E-state index in [1.807, 2.05) is 49.5 Å². The molecule has 0 saturated carbocycles. The first-order valence-corrected chi connectivity index (χ1v) is 9.24. The van der Waals surface area contributed by atoms with Gasteiger partial charge in [0.25, 0.3) is 5.91 Å². The Hall–Kier alpha value is -3.74. The molecule has 0 radical (unpaired) electrons. The molecule has 3 N–H and O–H groups in total. The van der Waals surface area contributed by atoms with Gasteiger partial charge in [-0.05, 0) is 31.2 Å². The van der Waals surface area contributed by atoms with Crippen LogP contribution in [0.1, 0.15) is 12.5 Å². The van der Waals surface area contributed by atoms with Crippen molar-refractivity contribution in [3.05, 3.63) is 60.6 Å². The molecule has 0 bridgehead atoms. The fraction of sp³-hybridized carbons (Fsp3) is 0.182. The minimum absolute atomic E-state index is 0.0639. The Kier molecular flexibility index (Phi) is 4.95. The molecule has 0 aliphatic carbocycles. The van der Waals surface area contributed by atoms with Crippen LogP contribution in [-0.2, 0) is 4.79 Å². The largest absolute Gasteiger partial charge is 0.493 e. The van der Waals surface area contributed by atoms with Crippen LogP contribution in [0.4, 0.5) is 11.4 Å². The van der Waals surface area contributed by atoms with E-state index >= 15 is 0 Å². The zero-order valence-electron chi connectivity index (χ0n) is 16.4. The normalized spacial score (nSPS) is 15.0. The van der Waals surface area contributed by atoms with E-state index in [1.165, 1.54) is 0 Å². The lowest BCUT2D eigenvalue weighted by Gasteiger charge is -2.13. The van der Waals surface area contributed by atoms with Crippen LogP contribution in [0, 0.1) is 0 Å². The van der Waals surface area contributed by atoms with Crippen molar-refractivity contribution in [1.29, 1.82) is 0 Å². The van der Waals surface area contributed by atoms with Crippen molar-refractivity contribution in [1.82, 2.24) is 9.97 Å². The van der Waals surface area contributed by atoms with Gasteiger partial charge in [-0.25, -0.2) is 4.98 Å². The molecule has 2 heterocycles. The highest BCUT2D eigenvalue weighted by molar-refractivity contribution is 6.31. The average molecular weight is 390 g/mol. The monoisotopic (exact) mass is 390 g/mol. The Morgan fingerprint density at radius 1 is 1.10 bits per heavy atom. The molecule has 7 heteroatoms. The van der Waals surface area contributed by atoms with Gasteiger partial charge >= 0.3 is 0 Å². The number of methoxy groups -OCH3 is 2. The number of hydrogen-bond acceptors (Lipinski definition) is 5. The molecular formula is C22H22N4O3. The number of imidazole rings is 1. The molecule has 0 saturated heterocycles. The van der Waals surface area contributed by atoms with Crippen LogP contribution in [0.5, 0.6) is 11.5 Å². The highest BCUT2D eigenvalue weighted by Crippen LogP contribution is 2.40. The molecule has 0 fully saturated rings. The first-order chi connectivity index (χ1) is 14.1. The van der Waals surface area contributed by atoms with Crippen LogP contribution in [-0.4, -0.2) is 36.1 Å². The molecule has 3 aromatic rings. The summed E-state index contributed by atoms with van der Waals surface area (Å²) in [6, 6.07) is 11.5. The quantitative estimate of drug-likeness (QED) is 0.555. The van der Waals surface area contributed by atoms with Gasteiger partial charge in [0.2, 0.25) is 0 Å². The van der Waals surface area contributed by atoms with E-state index in [9.17, 15) is 4.79 Å². The molecule has 0 spiro atoms. The number of nitrogens with zero attached hydrogens (tertiary/aromatic N) is 1. The molecule has 4 rings (SSSR count). The highest BCUT2D eigenvalue weighted by Gasteiger charge is 2.27. The van der Waals surface area contributed by atoms with Crippen molar-refractivity contribution in [3.63, 3.8) is 0 Å². The molecule has 29 heavy (non-hydrogen) atoms. The summed E-state index contributed by atoms with van der Waals surface area (Å²) < 4.78 is 10.7. The number of carbonyl (C=O) groups is 1. The number of aromatic nitrogens is 2. The number of nitrogens with one attached hydrogen (secondary N) is 3. The molecule has 1 unspecified atom stereocenters. The van der Waals surface area contributed by atoms with Crippen LogP contribution in [0.25, 0.3) is 16.8 Å². The molecule has 1 amide bonds. The number of hydrogen-bond donors (Lipinski definition) is 3. The van der Waals surface area contributed by atoms with Crippen molar-refractivity contribution >= 4 is 22.9 Å². The van der Waals surface area contributed by atoms with Gasteiger partial charge in [-0.2, -0.15) is 0 Å². The number of anilines is 2. The van der Waals surface area contributed by atoms with Gasteiger partial charge in [-0.15, -0.1) is 0 Å². The lowest BCUT2D eigenvalue weighted by atomic mass is 10.0. The number of ether oxygens (including phenoxy) is 2. The van der Waals surface area contributed by atoms with E-state index in [0.717, 1.165) is 28.2 Å². The fourth-order valence-corrected chi connectivity index (χ4v) is 3.39. The first-order valence-electron chi connectivity index (χ1n) is 9.24. The number of H-pyrrole nitrogens is 1. The van der Waals surface area contributed by atoms with Gasteiger partial charge in [0.15, 0.2) is 11.5 Å². The molecule has 1 aliphatic rings. The summed E-state index contributed by atoms with van der Waals surface area (Å²) in [5.74, 6) is 1.03. The lowest BCUT2D eigenvalue weighted by molar-refractivity contribution is -0.110. The van der Waals surface area contributed by atoms with Gasteiger partial charge in [0, 0.05) is 40.7 Å². The summed E-state index contributed by atoms with van der Waals surface area (Å²) in [6.07, 6.45) is 5.43. The smallest absolute Gasteiger partial charge is 0.256 e. The van der Waals surface area contributed by atoms with Crippen molar-refractivity contribution in [3.8, 4) is 22.8 Å². The predicted molar refractivity (Wildman–Crippen MR) is 113 cm³/mol. The SMILES string of the molecule is COc1cc2c(cc1OC)C(=CC(C)Nc1ccc(-c3c[nH]cn3)cc1)C(=O)N2. The minimum Gasteiger partial charge on any atom is -0.493 e. The summed E-state index contributed by atoms with van der Waals surface area (Å²) in [4.78, 5) is 19.7. The number of aromatic amines is 1. The van der Waals surface area contributed by atoms with Crippen molar-refractivity contribution < 1.29 is 14.3 Å². The molecule has 148 valence electrons. The van der Waals surface area contributed by atoms with E-state index in [-0.39, 0.29) is 11.9 Å². The molecule has 7 nitrogen and oxygen atoms in total. The zero-order chi connectivity index (χ0) is 20.4. The second-order valence-corrected chi connectivity index (χ2v) is 6.75. The van der Waals surface area contributed by atoms with Crippen LogP contribution in [0.3, 0.4) is 0 Å². The van der Waals surface area contributed by atoms with Gasteiger partial charge in [-0.1, -0.05) is 12.1 Å².